The Morgan fingerprint density at radius 3 is 2.42 bits per heavy atom. The third kappa shape index (κ3) is 8.66. The van der Waals surface area contributed by atoms with Gasteiger partial charge in [-0.05, 0) is 57.7 Å². The monoisotopic (exact) mass is 672 g/mol. The van der Waals surface area contributed by atoms with Crippen molar-refractivity contribution in [1.29, 1.82) is 0 Å². The zero-order valence-corrected chi connectivity index (χ0v) is 27.3. The molecule has 0 radical (unpaired) electrons. The number of pyridine rings is 1. The first-order chi connectivity index (χ1) is 22.9. The molecule has 2 aliphatic rings. The lowest BCUT2D eigenvalue weighted by Crippen LogP contribution is -2.56. The fourth-order valence-electron chi connectivity index (χ4n) is 5.71. The molecule has 2 atom stereocenters. The molecule has 0 saturated carbocycles. The molecule has 2 aromatic rings. The van der Waals surface area contributed by atoms with Gasteiger partial charge in [0.15, 0.2) is 6.61 Å². The molecule has 2 unspecified atom stereocenters. The van der Waals surface area contributed by atoms with Gasteiger partial charge in [-0.3, -0.25) is 24.0 Å². The van der Waals surface area contributed by atoms with E-state index in [4.69, 9.17) is 9.47 Å². The molecule has 2 saturated heterocycles. The number of likely N-dealkylation sites (tertiary alicyclic amines) is 1. The average molecular weight is 673 g/mol. The molecule has 3 heterocycles. The molecule has 16 heteroatoms. The van der Waals surface area contributed by atoms with E-state index < -0.39 is 60.7 Å². The number of aryl methyl sites for hydroxylation is 1. The fourth-order valence-corrected chi connectivity index (χ4v) is 5.71. The number of carbonyl (C=O) groups is 6. The molecule has 4 rings (SSSR count). The van der Waals surface area contributed by atoms with Gasteiger partial charge in [0.25, 0.3) is 11.8 Å². The van der Waals surface area contributed by atoms with Gasteiger partial charge >= 0.3 is 12.1 Å². The molecule has 15 nitrogen and oxygen atoms in total. The van der Waals surface area contributed by atoms with Crippen LogP contribution in [0.4, 0.5) is 9.18 Å². The van der Waals surface area contributed by atoms with Gasteiger partial charge in [0.05, 0.1) is 12.1 Å². The Labute approximate surface area is 276 Å². The number of nitrogens with zero attached hydrogens (tertiary/aromatic N) is 4. The number of halogens is 1. The number of nitrogens with one attached hydrogen (secondary N) is 2. The zero-order chi connectivity index (χ0) is 35.0. The predicted molar refractivity (Wildman–Crippen MR) is 169 cm³/mol. The number of carbonyl (C=O) groups excluding carboxylic acids is 5. The van der Waals surface area contributed by atoms with Gasteiger partial charge in [0, 0.05) is 57.1 Å². The number of ether oxygens (including phenoxy) is 2. The number of carboxylic acids is 1. The van der Waals surface area contributed by atoms with Crippen LogP contribution in [0.25, 0.3) is 10.9 Å². The lowest BCUT2D eigenvalue weighted by Gasteiger charge is -2.35. The number of aliphatic carboxylic acids is 1. The van der Waals surface area contributed by atoms with Gasteiger partial charge in [-0.1, -0.05) is 0 Å². The SMILES string of the molecule is CCNC(=O)C1CCCN1C(=O)COc1cc(C(=O)NC(CCC(=O)O)C(=O)N2CCN(C(=O)OCC)CC2)nc2cc(C)c(F)cc12. The van der Waals surface area contributed by atoms with E-state index in [9.17, 15) is 38.3 Å². The lowest BCUT2D eigenvalue weighted by atomic mass is 10.1. The number of hydrogen-bond donors (Lipinski definition) is 3. The third-order valence-corrected chi connectivity index (χ3v) is 8.23. The Morgan fingerprint density at radius 2 is 1.75 bits per heavy atom. The van der Waals surface area contributed by atoms with Crippen LogP contribution in [0.3, 0.4) is 0 Å². The zero-order valence-electron chi connectivity index (χ0n) is 27.3. The van der Waals surface area contributed by atoms with Crippen molar-refractivity contribution < 1.29 is 47.7 Å². The van der Waals surface area contributed by atoms with Crippen molar-refractivity contribution in [3.05, 3.63) is 35.3 Å². The van der Waals surface area contributed by atoms with Crippen molar-refractivity contribution in [2.75, 3.05) is 52.5 Å². The minimum absolute atomic E-state index is 0.0188. The highest BCUT2D eigenvalue weighted by Crippen LogP contribution is 2.29. The first-order valence-electron chi connectivity index (χ1n) is 16.0. The molecule has 260 valence electrons. The summed E-state index contributed by atoms with van der Waals surface area (Å²) in [5, 5.41) is 14.8. The summed E-state index contributed by atoms with van der Waals surface area (Å²) in [6, 6.07) is 1.95. The quantitative estimate of drug-likeness (QED) is 0.298. The van der Waals surface area contributed by atoms with Gasteiger partial charge in [-0.25, -0.2) is 14.2 Å². The van der Waals surface area contributed by atoms with Gasteiger partial charge in [0.2, 0.25) is 11.8 Å². The molecule has 0 bridgehead atoms. The second-order valence-corrected chi connectivity index (χ2v) is 11.5. The largest absolute Gasteiger partial charge is 0.483 e. The van der Waals surface area contributed by atoms with E-state index >= 15 is 0 Å². The number of carboxylic acid groups (broad SMARTS) is 1. The minimum atomic E-state index is -1.23. The van der Waals surface area contributed by atoms with Crippen molar-refractivity contribution in [1.82, 2.24) is 30.3 Å². The lowest BCUT2D eigenvalue weighted by molar-refractivity contribution is -0.139. The van der Waals surface area contributed by atoms with Crippen molar-refractivity contribution >= 4 is 46.6 Å². The fraction of sp³-hybridized carbons (Fsp3) is 0.531. The Hall–Kier alpha value is -5.02. The Balaban J connectivity index is 1.54. The summed E-state index contributed by atoms with van der Waals surface area (Å²) >= 11 is 0. The second-order valence-electron chi connectivity index (χ2n) is 11.5. The van der Waals surface area contributed by atoms with Crippen LogP contribution in [-0.4, -0.2) is 125 Å². The van der Waals surface area contributed by atoms with E-state index in [1.807, 2.05) is 0 Å². The minimum Gasteiger partial charge on any atom is -0.483 e. The first-order valence-corrected chi connectivity index (χ1v) is 16.0. The van der Waals surface area contributed by atoms with Crippen LogP contribution in [-0.2, 0) is 23.9 Å². The van der Waals surface area contributed by atoms with Gasteiger partial charge in [-0.2, -0.15) is 0 Å². The van der Waals surface area contributed by atoms with E-state index in [-0.39, 0.29) is 73.0 Å². The number of fused-ring (bicyclic) bond motifs is 1. The molecule has 48 heavy (non-hydrogen) atoms. The average Bonchev–Trinajstić information content (AvgIpc) is 3.56. The number of likely N-dealkylation sites (N-methyl/N-ethyl adjacent to an activating group) is 1. The van der Waals surface area contributed by atoms with Crippen LogP contribution in [0, 0.1) is 12.7 Å². The van der Waals surface area contributed by atoms with Crippen LogP contribution in [0.2, 0.25) is 0 Å². The highest BCUT2D eigenvalue weighted by Gasteiger charge is 2.34. The normalized spacial score (nSPS) is 16.8. The molecule has 3 N–H and O–H groups in total. The van der Waals surface area contributed by atoms with E-state index in [1.54, 1.807) is 13.8 Å². The molecular weight excluding hydrogens is 631 g/mol. The van der Waals surface area contributed by atoms with Crippen LogP contribution in [0.15, 0.2) is 18.2 Å². The summed E-state index contributed by atoms with van der Waals surface area (Å²) in [6.45, 7) is 6.19. The number of benzene rings is 1. The molecule has 0 aliphatic carbocycles. The third-order valence-electron chi connectivity index (χ3n) is 8.23. The number of aromatic nitrogens is 1. The molecule has 2 fully saturated rings. The molecule has 2 aliphatic heterocycles. The molecule has 1 aromatic heterocycles. The van der Waals surface area contributed by atoms with Gasteiger partial charge < -0.3 is 39.9 Å². The summed E-state index contributed by atoms with van der Waals surface area (Å²) < 4.78 is 25.5. The standard InChI is InChI=1S/C32H41FN6O9/c1-4-34-30(44)25-7-6-10-39(25)27(40)18-48-26-17-24(35-23-15-19(3)21(33)16-20(23)26)29(43)36-22(8-9-28(41)42)31(45)37-11-13-38(14-12-37)32(46)47-5-2/h15-17,22,25H,4-14,18H2,1-3H3,(H,34,44)(H,36,43)(H,41,42). The Kier molecular flexibility index (Phi) is 12.1. The summed E-state index contributed by atoms with van der Waals surface area (Å²) in [5.41, 5.74) is 0.222. The van der Waals surface area contributed by atoms with Gasteiger partial charge in [-0.15, -0.1) is 0 Å². The first kappa shape index (κ1) is 35.8. The van der Waals surface area contributed by atoms with Crippen molar-refractivity contribution in [2.45, 2.75) is 58.5 Å². The maximum atomic E-state index is 14.6. The van der Waals surface area contributed by atoms with Gasteiger partial charge in [0.1, 0.15) is 29.3 Å². The number of amides is 5. The van der Waals surface area contributed by atoms with E-state index in [1.165, 1.54) is 39.8 Å². The molecule has 5 amide bonds. The number of hydrogen-bond acceptors (Lipinski definition) is 9. The van der Waals surface area contributed by atoms with E-state index in [2.05, 4.69) is 15.6 Å². The second kappa shape index (κ2) is 16.2. The molecule has 0 spiro atoms. The number of piperazine rings is 1. The number of rotatable bonds is 12. The van der Waals surface area contributed by atoms with Crippen molar-refractivity contribution in [2.24, 2.45) is 0 Å². The summed E-state index contributed by atoms with van der Waals surface area (Å²) in [6.07, 6.45) is 0.0281. The summed E-state index contributed by atoms with van der Waals surface area (Å²) in [7, 11) is 0. The van der Waals surface area contributed by atoms with Crippen LogP contribution >= 0.6 is 0 Å². The van der Waals surface area contributed by atoms with Crippen molar-refractivity contribution in [3.8, 4) is 5.75 Å². The predicted octanol–water partition coefficient (Wildman–Crippen LogP) is 1.45. The van der Waals surface area contributed by atoms with E-state index in [0.29, 0.717) is 25.9 Å². The Morgan fingerprint density at radius 1 is 1.04 bits per heavy atom. The van der Waals surface area contributed by atoms with Crippen LogP contribution < -0.4 is 15.4 Å². The summed E-state index contributed by atoms with van der Waals surface area (Å²) in [5.74, 6) is -3.81. The van der Waals surface area contributed by atoms with Crippen LogP contribution in [0.1, 0.15) is 55.6 Å². The summed E-state index contributed by atoms with van der Waals surface area (Å²) in [4.78, 5) is 84.8. The van der Waals surface area contributed by atoms with E-state index in [0.717, 1.165) is 0 Å². The molecule has 1 aromatic carbocycles. The highest BCUT2D eigenvalue weighted by molar-refractivity contribution is 5.99. The van der Waals surface area contributed by atoms with Crippen molar-refractivity contribution in [3.63, 3.8) is 0 Å². The van der Waals surface area contributed by atoms with Crippen LogP contribution in [0.5, 0.6) is 5.75 Å². The smallest absolute Gasteiger partial charge is 0.409 e. The highest BCUT2D eigenvalue weighted by atomic mass is 19.1. The maximum absolute atomic E-state index is 14.6. The molecular formula is C32H41FN6O9. The topological polar surface area (TPSA) is 188 Å². The maximum Gasteiger partial charge on any atom is 0.409 e. The Bertz CT molecular complexity index is 1560.